The first kappa shape index (κ1) is 50.6. The number of esters is 2. The van der Waals surface area contributed by atoms with E-state index in [9.17, 15) is 46.3 Å². The summed E-state index contributed by atoms with van der Waals surface area (Å²) < 4.78 is 71.0. The van der Waals surface area contributed by atoms with E-state index in [2.05, 4.69) is 23.8 Å². The number of Topliss-reactive ketones (excluding diaryl/α,β-unsaturated/α-hetero) is 2. The van der Waals surface area contributed by atoms with Crippen LogP contribution in [-0.4, -0.2) is 75.2 Å². The van der Waals surface area contributed by atoms with Crippen LogP contribution < -0.4 is 10.6 Å². The molecule has 51 heavy (non-hydrogen) atoms. The maximum Gasteiger partial charge on any atom is 4.00 e. The molecule has 2 aromatic rings. The van der Waals surface area contributed by atoms with Crippen LogP contribution in [0.15, 0.2) is 48.6 Å². The second kappa shape index (κ2) is 27.0. The zero-order valence-electron chi connectivity index (χ0n) is 28.5. The summed E-state index contributed by atoms with van der Waals surface area (Å²) in [4.78, 5) is 68.1. The fourth-order valence-corrected chi connectivity index (χ4v) is 3.00. The van der Waals surface area contributed by atoms with Crippen LogP contribution in [0.1, 0.15) is 47.4 Å². The van der Waals surface area contributed by atoms with Crippen molar-refractivity contribution >= 4 is 35.7 Å². The number of ether oxygens (including phenoxy) is 4. The van der Waals surface area contributed by atoms with Gasteiger partial charge in [-0.1, -0.05) is 24.3 Å². The third-order valence-corrected chi connectivity index (χ3v) is 5.36. The van der Waals surface area contributed by atoms with Gasteiger partial charge in [0.15, 0.2) is 0 Å². The number of hydrogen-bond acceptors (Lipinski definition) is 10. The van der Waals surface area contributed by atoms with Crippen LogP contribution in [0.25, 0.3) is 0 Å². The number of benzene rings is 2. The molecule has 0 aliphatic heterocycles. The molecule has 17 heteroatoms. The van der Waals surface area contributed by atoms with E-state index in [1.54, 1.807) is 12.1 Å². The summed E-state index contributed by atoms with van der Waals surface area (Å²) in [6.07, 6.45) is -2.18. The van der Waals surface area contributed by atoms with Crippen LogP contribution in [-0.2, 0) is 50.3 Å². The third-order valence-electron chi connectivity index (χ3n) is 5.36. The minimum Gasteiger partial charge on any atom is -0.460 e. The molecule has 0 radical (unpaired) electrons. The number of nitrogens with one attached hydrogen (secondary N) is 2. The number of alkyl carbamates (subject to hydrolysis) is 2. The summed E-state index contributed by atoms with van der Waals surface area (Å²) in [6, 6.07) is 7.32. The Kier molecular flexibility index (Phi) is 26.7. The van der Waals surface area contributed by atoms with Crippen molar-refractivity contribution in [2.24, 2.45) is 0 Å². The maximum absolute atomic E-state index is 13.3. The molecule has 0 spiro atoms. The van der Waals surface area contributed by atoms with Crippen LogP contribution in [0, 0.1) is 50.3 Å². The molecule has 2 aromatic carbocycles. The SMILES string of the molecule is C=C(C)C(=O)OCCNC(=O)OCCC(=O)c1ccc(F)[c-]c1F.C=C(C)C(=O)OCCNC(=O)OCCC(=O)c1ccc(F)[c-]c1F.[CH3-].[CH3-].[Ti+4]. The Balaban J connectivity index is -0.000000853. The Morgan fingerprint density at radius 1 is 0.608 bits per heavy atom. The zero-order chi connectivity index (χ0) is 36.2. The Morgan fingerprint density at radius 2 is 0.941 bits per heavy atom. The Bertz CT molecular complexity index is 1410. The minimum atomic E-state index is -1.09. The van der Waals surface area contributed by atoms with Gasteiger partial charge in [0.1, 0.15) is 24.8 Å². The van der Waals surface area contributed by atoms with E-state index >= 15 is 0 Å². The summed E-state index contributed by atoms with van der Waals surface area (Å²) in [6.45, 7) is 9.12. The van der Waals surface area contributed by atoms with Gasteiger partial charge in [0.2, 0.25) is 0 Å². The van der Waals surface area contributed by atoms with Crippen LogP contribution in [0.4, 0.5) is 27.2 Å². The van der Waals surface area contributed by atoms with E-state index in [-0.39, 0.29) is 111 Å². The summed E-state index contributed by atoms with van der Waals surface area (Å²) in [5, 5.41) is 4.60. The molecule has 0 unspecified atom stereocenters. The van der Waals surface area contributed by atoms with Crippen molar-refractivity contribution in [3.05, 3.63) is 110 Å². The summed E-state index contributed by atoms with van der Waals surface area (Å²) >= 11 is 0. The minimum absolute atomic E-state index is 0. The van der Waals surface area contributed by atoms with Gasteiger partial charge < -0.3 is 54.0 Å². The Morgan fingerprint density at radius 3 is 1.24 bits per heavy atom. The molecule has 0 aliphatic rings. The fraction of sp³-hybridized carbons (Fsp3) is 0.294. The van der Waals surface area contributed by atoms with Crippen molar-refractivity contribution in [1.82, 2.24) is 10.6 Å². The van der Waals surface area contributed by atoms with Crippen molar-refractivity contribution in [3.8, 4) is 0 Å². The molecule has 0 aromatic heterocycles. The van der Waals surface area contributed by atoms with Crippen LogP contribution in [0.3, 0.4) is 0 Å². The van der Waals surface area contributed by atoms with E-state index in [4.69, 9.17) is 18.9 Å². The molecule has 276 valence electrons. The molecule has 2 amide bonds. The van der Waals surface area contributed by atoms with E-state index in [1.807, 2.05) is 0 Å². The van der Waals surface area contributed by atoms with E-state index in [0.29, 0.717) is 0 Å². The van der Waals surface area contributed by atoms with Crippen molar-refractivity contribution in [2.75, 3.05) is 39.5 Å². The molecule has 0 bridgehead atoms. The molecular weight excluding hydrogens is 720 g/mol. The second-order valence-corrected chi connectivity index (χ2v) is 9.37. The van der Waals surface area contributed by atoms with Crippen LogP contribution in [0.2, 0.25) is 0 Å². The van der Waals surface area contributed by atoms with E-state index in [0.717, 1.165) is 24.3 Å². The van der Waals surface area contributed by atoms with Gasteiger partial charge in [0.05, 0.1) is 26.3 Å². The number of hydrogen-bond donors (Lipinski definition) is 2. The molecule has 12 nitrogen and oxygen atoms in total. The maximum atomic E-state index is 13.3. The number of amides is 2. The average Bonchev–Trinajstić information content (AvgIpc) is 3.01. The molecule has 0 saturated heterocycles. The first-order chi connectivity index (χ1) is 22.6. The first-order valence-corrected chi connectivity index (χ1v) is 13.9. The molecule has 0 saturated carbocycles. The molecule has 2 rings (SSSR count). The number of ketones is 2. The van der Waals surface area contributed by atoms with Gasteiger partial charge in [-0.25, -0.2) is 36.7 Å². The standard InChI is InChI=1S/2C16H16F2NO5.2CH3.Ti/c2*1-10(2)15(21)23-8-6-19-16(22)24-7-5-14(20)12-4-3-11(17)9-13(12)18;;;/h2*3-4H,1,5-8H2,2H3,(H,19,22);2*1H3;/q4*-1;+4. The first-order valence-electron chi connectivity index (χ1n) is 13.9. The fourth-order valence-electron chi connectivity index (χ4n) is 3.00. The number of carbonyl (C=O) groups is 6. The molecule has 2 N–H and O–H groups in total. The van der Waals surface area contributed by atoms with Crippen molar-refractivity contribution in [2.45, 2.75) is 26.7 Å². The molecule has 0 aliphatic carbocycles. The van der Waals surface area contributed by atoms with Gasteiger partial charge in [0.25, 0.3) is 0 Å². The van der Waals surface area contributed by atoms with Crippen molar-refractivity contribution in [3.63, 3.8) is 0 Å². The number of carbonyl (C=O) groups excluding carboxylic acids is 6. The zero-order valence-corrected chi connectivity index (χ0v) is 30.0. The van der Waals surface area contributed by atoms with Gasteiger partial charge in [-0.05, 0) is 13.8 Å². The molecule has 0 fully saturated rings. The quantitative estimate of drug-likeness (QED) is 0.0337. The largest absolute Gasteiger partial charge is 4.00 e. The third kappa shape index (κ3) is 21.1. The van der Waals surface area contributed by atoms with Crippen LogP contribution >= 0.6 is 0 Å². The predicted octanol–water partition coefficient (Wildman–Crippen LogP) is 5.26. The number of halogens is 4. The van der Waals surface area contributed by atoms with Gasteiger partial charge >= 0.3 is 45.8 Å². The van der Waals surface area contributed by atoms with Crippen LogP contribution in [0.5, 0.6) is 0 Å². The second-order valence-electron chi connectivity index (χ2n) is 9.37. The molecule has 0 atom stereocenters. The van der Waals surface area contributed by atoms with E-state index < -0.39 is 59.0 Å². The molecular formula is C34H38F4N2O10Ti. The number of rotatable bonds is 16. The summed E-state index contributed by atoms with van der Waals surface area (Å²) in [5.41, 5.74) is -0.179. The molecule has 0 heterocycles. The van der Waals surface area contributed by atoms with Gasteiger partial charge in [-0.2, -0.15) is 12.1 Å². The smallest absolute Gasteiger partial charge is 0.460 e. The normalized spacial score (nSPS) is 9.37. The Labute approximate surface area is 308 Å². The topological polar surface area (TPSA) is 163 Å². The van der Waals surface area contributed by atoms with Crippen molar-refractivity contribution in [1.29, 1.82) is 0 Å². The monoisotopic (exact) mass is 758 g/mol. The average molecular weight is 759 g/mol. The summed E-state index contributed by atoms with van der Waals surface area (Å²) in [7, 11) is 0. The van der Waals surface area contributed by atoms with Gasteiger partial charge in [0, 0.05) is 47.3 Å². The van der Waals surface area contributed by atoms with Crippen molar-refractivity contribution < 1.29 is 87.0 Å². The van der Waals surface area contributed by atoms with Gasteiger partial charge in [-0.3, -0.25) is 0 Å². The van der Waals surface area contributed by atoms with E-state index in [1.165, 1.54) is 13.8 Å². The predicted molar refractivity (Wildman–Crippen MR) is 171 cm³/mol. The Hall–Kier alpha value is -4.83. The van der Waals surface area contributed by atoms with Gasteiger partial charge in [-0.15, -0.1) is 24.3 Å². The summed E-state index contributed by atoms with van der Waals surface area (Å²) in [5.74, 6) is -6.45.